The van der Waals surface area contributed by atoms with Gasteiger partial charge in [-0.2, -0.15) is 0 Å². The Kier molecular flexibility index (Phi) is 3.77. The summed E-state index contributed by atoms with van der Waals surface area (Å²) in [5.41, 5.74) is 1.22. The van der Waals surface area contributed by atoms with E-state index >= 15 is 0 Å². The van der Waals surface area contributed by atoms with Crippen LogP contribution in [-0.2, 0) is 7.05 Å². The van der Waals surface area contributed by atoms with Gasteiger partial charge in [-0.05, 0) is 42.0 Å². The molecule has 0 aliphatic heterocycles. The maximum atomic E-state index is 13.3. The molecule has 2 aromatic heterocycles. The van der Waals surface area contributed by atoms with Crippen LogP contribution in [0, 0.1) is 5.82 Å². The smallest absolute Gasteiger partial charge is 0.281 e. The van der Waals surface area contributed by atoms with E-state index in [2.05, 4.69) is 5.10 Å². The third-order valence-electron chi connectivity index (χ3n) is 4.30. The number of aromatic amines is 1. The van der Waals surface area contributed by atoms with Crippen LogP contribution in [0.15, 0.2) is 64.2 Å². The van der Waals surface area contributed by atoms with Crippen LogP contribution in [-0.4, -0.2) is 14.3 Å². The van der Waals surface area contributed by atoms with E-state index in [9.17, 15) is 14.0 Å². The van der Waals surface area contributed by atoms with Crippen molar-refractivity contribution < 1.29 is 4.39 Å². The van der Waals surface area contributed by atoms with E-state index in [1.165, 1.54) is 39.6 Å². The van der Waals surface area contributed by atoms with Crippen LogP contribution in [0.1, 0.15) is 0 Å². The average Bonchev–Trinajstić information content (AvgIpc) is 2.94. The van der Waals surface area contributed by atoms with E-state index in [0.29, 0.717) is 32.9 Å². The predicted molar refractivity (Wildman–Crippen MR) is 99.5 cm³/mol. The molecular weight excluding hydrogens is 357 g/mol. The Hall–Kier alpha value is -3.12. The minimum absolute atomic E-state index is 0.288. The molecule has 0 radical (unpaired) electrons. The first-order valence-electron chi connectivity index (χ1n) is 7.83. The molecule has 0 spiro atoms. The summed E-state index contributed by atoms with van der Waals surface area (Å²) in [7, 11) is 1.58. The van der Waals surface area contributed by atoms with Crippen LogP contribution in [0.2, 0.25) is 5.02 Å². The van der Waals surface area contributed by atoms with Gasteiger partial charge < -0.3 is 4.57 Å². The lowest BCUT2D eigenvalue weighted by molar-refractivity contribution is 0.628. The number of nitrogens with one attached hydrogen (secondary N) is 1. The molecule has 2 heterocycles. The summed E-state index contributed by atoms with van der Waals surface area (Å²) in [5.74, 6) is -0.395. The molecule has 0 unspecified atom stereocenters. The van der Waals surface area contributed by atoms with E-state index in [4.69, 9.17) is 11.6 Å². The van der Waals surface area contributed by atoms with E-state index in [-0.39, 0.29) is 11.1 Å². The molecule has 26 heavy (non-hydrogen) atoms. The molecule has 0 amide bonds. The summed E-state index contributed by atoms with van der Waals surface area (Å²) < 4.78 is 16.0. The molecule has 0 aliphatic carbocycles. The van der Waals surface area contributed by atoms with Crippen molar-refractivity contribution in [2.24, 2.45) is 7.05 Å². The van der Waals surface area contributed by atoms with Crippen LogP contribution < -0.4 is 11.1 Å². The van der Waals surface area contributed by atoms with Gasteiger partial charge in [-0.3, -0.25) is 14.7 Å². The van der Waals surface area contributed by atoms with Crippen LogP contribution in [0.25, 0.3) is 27.8 Å². The van der Waals surface area contributed by atoms with Crippen molar-refractivity contribution in [1.29, 1.82) is 0 Å². The van der Waals surface area contributed by atoms with Gasteiger partial charge in [0.25, 0.3) is 11.1 Å². The number of hydrogen-bond donors (Lipinski definition) is 1. The van der Waals surface area contributed by atoms with Gasteiger partial charge in [0.1, 0.15) is 5.82 Å². The van der Waals surface area contributed by atoms with Gasteiger partial charge in [0.05, 0.1) is 27.3 Å². The molecule has 0 aliphatic rings. The second-order valence-electron chi connectivity index (χ2n) is 5.89. The minimum atomic E-state index is -0.395. The fraction of sp³-hybridized carbons (Fsp3) is 0.0526. The number of benzene rings is 2. The van der Waals surface area contributed by atoms with Gasteiger partial charge in [-0.1, -0.05) is 23.7 Å². The summed E-state index contributed by atoms with van der Waals surface area (Å²) in [4.78, 5) is 25.4. The second kappa shape index (κ2) is 6.00. The highest BCUT2D eigenvalue weighted by Gasteiger charge is 2.18. The average molecular weight is 370 g/mol. The quantitative estimate of drug-likeness (QED) is 0.588. The van der Waals surface area contributed by atoms with E-state index in [1.807, 2.05) is 0 Å². The molecule has 1 N–H and O–H groups in total. The van der Waals surface area contributed by atoms with Crippen molar-refractivity contribution in [2.75, 3.05) is 0 Å². The molecular formula is C19H13ClFN3O2. The first kappa shape index (κ1) is 16.4. The summed E-state index contributed by atoms with van der Waals surface area (Å²) in [6.45, 7) is 0. The Morgan fingerprint density at radius 3 is 2.42 bits per heavy atom. The molecule has 0 atom stereocenters. The molecule has 4 aromatic rings. The highest BCUT2D eigenvalue weighted by atomic mass is 35.5. The Labute approximate surface area is 151 Å². The predicted octanol–water partition coefficient (Wildman–Crippen LogP) is 3.48. The number of H-pyrrole nitrogens is 1. The van der Waals surface area contributed by atoms with E-state index in [0.717, 1.165) is 0 Å². The van der Waals surface area contributed by atoms with E-state index < -0.39 is 5.82 Å². The fourth-order valence-electron chi connectivity index (χ4n) is 3.03. The van der Waals surface area contributed by atoms with Crippen molar-refractivity contribution in [3.05, 3.63) is 86.1 Å². The first-order chi connectivity index (χ1) is 12.5. The van der Waals surface area contributed by atoms with Gasteiger partial charge in [-0.25, -0.2) is 9.07 Å². The second-order valence-corrected chi connectivity index (χ2v) is 6.30. The van der Waals surface area contributed by atoms with Crippen LogP contribution in [0.5, 0.6) is 0 Å². The summed E-state index contributed by atoms with van der Waals surface area (Å²) >= 11 is 6.21. The third kappa shape index (κ3) is 2.46. The van der Waals surface area contributed by atoms with Crippen molar-refractivity contribution >= 4 is 22.5 Å². The maximum absolute atomic E-state index is 13.3. The summed E-state index contributed by atoms with van der Waals surface area (Å²) in [6, 6.07) is 13.9. The summed E-state index contributed by atoms with van der Waals surface area (Å²) in [6.07, 6.45) is 0. The zero-order valence-electron chi connectivity index (χ0n) is 13.7. The van der Waals surface area contributed by atoms with E-state index in [1.54, 1.807) is 31.3 Å². The van der Waals surface area contributed by atoms with Gasteiger partial charge in [0.2, 0.25) is 0 Å². The van der Waals surface area contributed by atoms with Crippen molar-refractivity contribution in [3.63, 3.8) is 0 Å². The molecule has 7 heteroatoms. The van der Waals surface area contributed by atoms with Gasteiger partial charge >= 0.3 is 0 Å². The minimum Gasteiger partial charge on any atom is -0.310 e. The highest BCUT2D eigenvalue weighted by Crippen LogP contribution is 2.26. The number of para-hydroxylation sites is 1. The number of aromatic nitrogens is 3. The Morgan fingerprint density at radius 1 is 1.04 bits per heavy atom. The Morgan fingerprint density at radius 2 is 1.73 bits per heavy atom. The number of pyridine rings is 1. The summed E-state index contributed by atoms with van der Waals surface area (Å²) in [5, 5.41) is 3.67. The molecule has 0 fully saturated rings. The number of nitrogens with zero attached hydrogens (tertiary/aromatic N) is 2. The highest BCUT2D eigenvalue weighted by molar-refractivity contribution is 6.32. The lowest BCUT2D eigenvalue weighted by atomic mass is 10.1. The lowest BCUT2D eigenvalue weighted by Crippen LogP contribution is -2.20. The molecule has 130 valence electrons. The van der Waals surface area contributed by atoms with Crippen molar-refractivity contribution in [2.45, 2.75) is 0 Å². The molecule has 0 saturated heterocycles. The standard InChI is InChI=1S/C19H13ClFN3O2/c1-23-16(25)10-14-17(18(23)11-6-8-12(21)9-7-11)19(26)24(22-14)15-5-3-2-4-13(15)20/h2-10,22H,1H3. The molecule has 5 nitrogen and oxygen atoms in total. The topological polar surface area (TPSA) is 59.8 Å². The van der Waals surface area contributed by atoms with Gasteiger partial charge in [0.15, 0.2) is 0 Å². The number of halogens is 2. The number of rotatable bonds is 2. The van der Waals surface area contributed by atoms with Crippen molar-refractivity contribution in [1.82, 2.24) is 14.3 Å². The van der Waals surface area contributed by atoms with Gasteiger partial charge in [-0.15, -0.1) is 0 Å². The van der Waals surface area contributed by atoms with Crippen molar-refractivity contribution in [3.8, 4) is 16.9 Å². The molecule has 4 rings (SSSR count). The number of hydrogen-bond acceptors (Lipinski definition) is 2. The monoisotopic (exact) mass is 369 g/mol. The maximum Gasteiger partial charge on any atom is 0.281 e. The molecule has 0 bridgehead atoms. The first-order valence-corrected chi connectivity index (χ1v) is 8.21. The molecule has 2 aromatic carbocycles. The number of fused-ring (bicyclic) bond motifs is 1. The molecule has 0 saturated carbocycles. The fourth-order valence-corrected chi connectivity index (χ4v) is 3.25. The van der Waals surface area contributed by atoms with Crippen LogP contribution in [0.4, 0.5) is 4.39 Å². The lowest BCUT2D eigenvalue weighted by Gasteiger charge is -2.08. The zero-order chi connectivity index (χ0) is 18.4. The largest absolute Gasteiger partial charge is 0.310 e. The van der Waals surface area contributed by atoms with Crippen LogP contribution >= 0.6 is 11.6 Å². The third-order valence-corrected chi connectivity index (χ3v) is 4.62. The van der Waals surface area contributed by atoms with Gasteiger partial charge in [0, 0.05) is 13.1 Å². The SMILES string of the molecule is Cn1c(-c2ccc(F)cc2)c2c(=O)n(-c3ccccc3Cl)[nH]c2cc1=O. The Balaban J connectivity index is 2.11. The van der Waals surface area contributed by atoms with Crippen LogP contribution in [0.3, 0.4) is 0 Å². The normalized spacial score (nSPS) is 11.2. The zero-order valence-corrected chi connectivity index (χ0v) is 14.4. The Bertz CT molecular complexity index is 1250.